The molecule has 0 aliphatic carbocycles. The zero-order valence-electron chi connectivity index (χ0n) is 13.7. The van der Waals surface area contributed by atoms with Gasteiger partial charge >= 0.3 is 6.09 Å². The molecule has 3 heteroatoms. The van der Waals surface area contributed by atoms with Crippen molar-refractivity contribution in [1.29, 1.82) is 0 Å². The molecule has 0 bridgehead atoms. The number of allylic oxidation sites excluding steroid dienone is 3. The summed E-state index contributed by atoms with van der Waals surface area (Å²) in [6, 6.07) is 10.1. The number of nitrogens with zero attached hydrogens (tertiary/aromatic N) is 1. The molecule has 0 radical (unpaired) electrons. The van der Waals surface area contributed by atoms with Crippen molar-refractivity contribution in [1.82, 2.24) is 4.90 Å². The van der Waals surface area contributed by atoms with Crippen molar-refractivity contribution >= 4 is 6.09 Å². The number of cyclic esters (lactones) is 1. The molecule has 1 aromatic rings. The third kappa shape index (κ3) is 4.48. The summed E-state index contributed by atoms with van der Waals surface area (Å²) in [6.07, 6.45) is 6.25. The second-order valence-corrected chi connectivity index (χ2v) is 6.03. The minimum Gasteiger partial charge on any atom is -0.447 e. The van der Waals surface area contributed by atoms with E-state index in [1.807, 2.05) is 30.3 Å². The van der Waals surface area contributed by atoms with Crippen molar-refractivity contribution in [3.8, 4) is 0 Å². The summed E-state index contributed by atoms with van der Waals surface area (Å²) >= 11 is 0. The van der Waals surface area contributed by atoms with Crippen LogP contribution in [0.3, 0.4) is 0 Å². The van der Waals surface area contributed by atoms with Gasteiger partial charge in [0.2, 0.25) is 0 Å². The molecule has 1 aliphatic rings. The molecule has 118 valence electrons. The van der Waals surface area contributed by atoms with E-state index in [2.05, 4.69) is 32.9 Å². The fraction of sp³-hybridized carbons (Fsp3) is 0.421. The van der Waals surface area contributed by atoms with Crippen molar-refractivity contribution < 1.29 is 9.53 Å². The maximum Gasteiger partial charge on any atom is 0.410 e. The van der Waals surface area contributed by atoms with Crippen LogP contribution in [-0.4, -0.2) is 24.1 Å². The Hall–Kier alpha value is -2.03. The molecule has 1 fully saturated rings. The number of hydrogen-bond donors (Lipinski definition) is 0. The minimum absolute atomic E-state index is 0.0236. The summed E-state index contributed by atoms with van der Waals surface area (Å²) in [5.74, 6) is 0. The predicted molar refractivity (Wildman–Crippen MR) is 89.7 cm³/mol. The van der Waals surface area contributed by atoms with Crippen molar-refractivity contribution in [3.63, 3.8) is 0 Å². The summed E-state index contributed by atoms with van der Waals surface area (Å²) in [5, 5.41) is 0. The van der Waals surface area contributed by atoms with Gasteiger partial charge in [-0.15, -0.1) is 0 Å². The van der Waals surface area contributed by atoms with Gasteiger partial charge in [0.1, 0.15) is 6.61 Å². The normalized spacial score (nSPS) is 18.3. The van der Waals surface area contributed by atoms with E-state index < -0.39 is 0 Å². The van der Waals surface area contributed by atoms with Gasteiger partial charge in [-0.1, -0.05) is 53.6 Å². The Morgan fingerprint density at radius 3 is 2.64 bits per heavy atom. The Kier molecular flexibility index (Phi) is 5.82. The topological polar surface area (TPSA) is 29.5 Å². The number of amides is 1. The van der Waals surface area contributed by atoms with Gasteiger partial charge in [-0.2, -0.15) is 0 Å². The standard InChI is InChI=1S/C19H25NO2/c1-15(2)8-7-9-16(3)12-13-20-18(14-22-19(20)21)17-10-5-4-6-11-17/h4-6,8,10-12,18H,7,9,13-14H2,1-3H3/b16-12+/t18-/m0/s1. The molecule has 0 N–H and O–H groups in total. The van der Waals surface area contributed by atoms with Crippen LogP contribution >= 0.6 is 0 Å². The van der Waals surface area contributed by atoms with Crippen molar-refractivity contribution in [2.45, 2.75) is 39.7 Å². The third-order valence-corrected chi connectivity index (χ3v) is 3.89. The number of hydrogen-bond acceptors (Lipinski definition) is 2. The molecule has 1 saturated heterocycles. The van der Waals surface area contributed by atoms with Crippen LogP contribution in [0, 0.1) is 0 Å². The van der Waals surface area contributed by atoms with Crippen molar-refractivity contribution in [3.05, 3.63) is 59.2 Å². The van der Waals surface area contributed by atoms with Gasteiger partial charge in [-0.25, -0.2) is 4.79 Å². The Morgan fingerprint density at radius 2 is 1.95 bits per heavy atom. The molecule has 1 atom stereocenters. The van der Waals surface area contributed by atoms with Gasteiger partial charge in [0.05, 0.1) is 6.04 Å². The smallest absolute Gasteiger partial charge is 0.410 e. The summed E-state index contributed by atoms with van der Waals surface area (Å²) in [6.45, 7) is 7.40. The van der Waals surface area contributed by atoms with Gasteiger partial charge < -0.3 is 4.74 Å². The van der Waals surface area contributed by atoms with Crippen LogP contribution < -0.4 is 0 Å². The zero-order chi connectivity index (χ0) is 15.9. The Labute approximate surface area is 133 Å². The number of ether oxygens (including phenoxy) is 1. The molecule has 0 saturated carbocycles. The first kappa shape index (κ1) is 16.3. The zero-order valence-corrected chi connectivity index (χ0v) is 13.7. The van der Waals surface area contributed by atoms with Crippen molar-refractivity contribution in [2.75, 3.05) is 13.2 Å². The molecule has 0 unspecified atom stereocenters. The van der Waals surface area contributed by atoms with E-state index in [1.165, 1.54) is 11.1 Å². The summed E-state index contributed by atoms with van der Waals surface area (Å²) in [4.78, 5) is 13.7. The first-order chi connectivity index (χ1) is 10.6. The molecule has 1 heterocycles. The maximum absolute atomic E-state index is 11.9. The Morgan fingerprint density at radius 1 is 1.23 bits per heavy atom. The van der Waals surface area contributed by atoms with E-state index >= 15 is 0 Å². The van der Waals surface area contributed by atoms with E-state index in [0.29, 0.717) is 13.2 Å². The Bertz CT molecular complexity index is 556. The number of carbonyl (C=O) groups is 1. The number of rotatable bonds is 6. The summed E-state index contributed by atoms with van der Waals surface area (Å²) in [5.41, 5.74) is 3.79. The highest BCUT2D eigenvalue weighted by Crippen LogP contribution is 2.27. The molecule has 1 amide bonds. The quantitative estimate of drug-likeness (QED) is 0.701. The molecule has 1 aliphatic heterocycles. The first-order valence-electron chi connectivity index (χ1n) is 7.85. The maximum atomic E-state index is 11.9. The van der Waals surface area contributed by atoms with E-state index in [0.717, 1.165) is 18.4 Å². The van der Waals surface area contributed by atoms with Gasteiger partial charge in [-0.05, 0) is 39.2 Å². The molecule has 22 heavy (non-hydrogen) atoms. The molecular formula is C19H25NO2. The fourth-order valence-corrected chi connectivity index (χ4v) is 2.55. The molecule has 1 aromatic carbocycles. The lowest BCUT2D eigenvalue weighted by Gasteiger charge is -2.20. The second-order valence-electron chi connectivity index (χ2n) is 6.03. The molecule has 3 nitrogen and oxygen atoms in total. The lowest BCUT2D eigenvalue weighted by Crippen LogP contribution is -2.27. The first-order valence-corrected chi connectivity index (χ1v) is 7.85. The van der Waals surface area contributed by atoms with Crippen LogP contribution in [0.5, 0.6) is 0 Å². The third-order valence-electron chi connectivity index (χ3n) is 3.89. The molecule has 2 rings (SSSR count). The molecule has 0 spiro atoms. The largest absolute Gasteiger partial charge is 0.447 e. The molecule has 0 aromatic heterocycles. The molecular weight excluding hydrogens is 274 g/mol. The Balaban J connectivity index is 1.97. The second kappa shape index (κ2) is 7.83. The van der Waals surface area contributed by atoms with Crippen LogP contribution in [-0.2, 0) is 4.74 Å². The number of carbonyl (C=O) groups excluding carboxylic acids is 1. The van der Waals surface area contributed by atoms with E-state index in [1.54, 1.807) is 4.90 Å². The van der Waals surface area contributed by atoms with Crippen LogP contribution in [0.2, 0.25) is 0 Å². The summed E-state index contributed by atoms with van der Waals surface area (Å²) in [7, 11) is 0. The van der Waals surface area contributed by atoms with E-state index in [-0.39, 0.29) is 12.1 Å². The van der Waals surface area contributed by atoms with Crippen LogP contribution in [0.4, 0.5) is 4.79 Å². The van der Waals surface area contributed by atoms with Gasteiger partial charge in [0.25, 0.3) is 0 Å². The highest BCUT2D eigenvalue weighted by Gasteiger charge is 2.32. The lowest BCUT2D eigenvalue weighted by atomic mass is 10.1. The van der Waals surface area contributed by atoms with Gasteiger partial charge in [0, 0.05) is 6.54 Å². The fourth-order valence-electron chi connectivity index (χ4n) is 2.55. The SMILES string of the molecule is CC(C)=CCC/C(C)=C/CN1C(=O)OC[C@H]1c1ccccc1. The van der Waals surface area contributed by atoms with Crippen LogP contribution in [0.1, 0.15) is 45.2 Å². The van der Waals surface area contributed by atoms with Gasteiger partial charge in [0.15, 0.2) is 0 Å². The number of benzene rings is 1. The minimum atomic E-state index is -0.220. The van der Waals surface area contributed by atoms with Crippen LogP contribution in [0.25, 0.3) is 0 Å². The summed E-state index contributed by atoms with van der Waals surface area (Å²) < 4.78 is 5.23. The lowest BCUT2D eigenvalue weighted by molar-refractivity contribution is 0.160. The monoisotopic (exact) mass is 299 g/mol. The van der Waals surface area contributed by atoms with E-state index in [9.17, 15) is 4.79 Å². The average Bonchev–Trinajstić information content (AvgIpc) is 2.86. The van der Waals surface area contributed by atoms with Crippen molar-refractivity contribution in [2.24, 2.45) is 0 Å². The van der Waals surface area contributed by atoms with E-state index in [4.69, 9.17) is 4.74 Å². The highest BCUT2D eigenvalue weighted by atomic mass is 16.6. The highest BCUT2D eigenvalue weighted by molar-refractivity contribution is 5.70. The average molecular weight is 299 g/mol. The van der Waals surface area contributed by atoms with Crippen LogP contribution in [0.15, 0.2) is 53.6 Å². The van der Waals surface area contributed by atoms with Gasteiger partial charge in [-0.3, -0.25) is 4.90 Å². The predicted octanol–water partition coefficient (Wildman–Crippen LogP) is 4.87.